The number of rotatable bonds is 9. The highest BCUT2D eigenvalue weighted by Gasteiger charge is 2.08. The van der Waals surface area contributed by atoms with Crippen LogP contribution in [0.15, 0.2) is 22.8 Å². The fraction of sp³-hybridized carbons (Fsp3) is 0.714. The molecule has 0 bridgehead atoms. The van der Waals surface area contributed by atoms with Crippen LogP contribution in [0.1, 0.15) is 19.1 Å². The Bertz CT molecular complexity index is 298. The first-order valence-corrected chi connectivity index (χ1v) is 6.67. The molecule has 0 saturated carbocycles. The van der Waals surface area contributed by atoms with Crippen molar-refractivity contribution in [2.24, 2.45) is 0 Å². The molecule has 1 aromatic rings. The van der Waals surface area contributed by atoms with Crippen LogP contribution in [0.25, 0.3) is 0 Å². The monoisotopic (exact) mass is 253 g/mol. The molecule has 0 amide bonds. The lowest BCUT2D eigenvalue weighted by atomic mass is 10.2. The molecule has 1 unspecified atom stereocenters. The number of hydrogen-bond donors (Lipinski definition) is 1. The van der Waals surface area contributed by atoms with Gasteiger partial charge in [0, 0.05) is 12.6 Å². The quantitative estimate of drug-likeness (QED) is 0.725. The predicted octanol–water partition coefficient (Wildman–Crippen LogP) is 1.64. The van der Waals surface area contributed by atoms with Crippen molar-refractivity contribution in [2.45, 2.75) is 25.9 Å². The third-order valence-electron chi connectivity index (χ3n) is 3.19. The summed E-state index contributed by atoms with van der Waals surface area (Å²) >= 11 is 0. The lowest BCUT2D eigenvalue weighted by Gasteiger charge is -2.25. The maximum Gasteiger partial charge on any atom is 0.117 e. The van der Waals surface area contributed by atoms with Crippen LogP contribution in [0.4, 0.5) is 0 Å². The predicted molar refractivity (Wildman–Crippen MR) is 75.7 cm³/mol. The Labute approximate surface area is 111 Å². The Morgan fingerprint density at radius 3 is 2.67 bits per heavy atom. The summed E-state index contributed by atoms with van der Waals surface area (Å²) in [7, 11) is 6.43. The first-order valence-electron chi connectivity index (χ1n) is 6.67. The van der Waals surface area contributed by atoms with Crippen molar-refractivity contribution in [3.05, 3.63) is 24.2 Å². The van der Waals surface area contributed by atoms with E-state index in [0.29, 0.717) is 6.04 Å². The van der Waals surface area contributed by atoms with Crippen LogP contribution in [0, 0.1) is 0 Å². The normalized spacial score (nSPS) is 13.4. The van der Waals surface area contributed by atoms with Gasteiger partial charge in [-0.05, 0) is 59.7 Å². The summed E-state index contributed by atoms with van der Waals surface area (Å²) in [6.45, 7) is 6.34. The van der Waals surface area contributed by atoms with Gasteiger partial charge in [0.25, 0.3) is 0 Å². The molecule has 18 heavy (non-hydrogen) atoms. The third-order valence-corrected chi connectivity index (χ3v) is 3.19. The van der Waals surface area contributed by atoms with Crippen LogP contribution in [0.3, 0.4) is 0 Å². The van der Waals surface area contributed by atoms with E-state index in [-0.39, 0.29) is 0 Å². The minimum Gasteiger partial charge on any atom is -0.468 e. The average molecular weight is 253 g/mol. The number of furan rings is 1. The summed E-state index contributed by atoms with van der Waals surface area (Å²) in [5.74, 6) is 0.998. The van der Waals surface area contributed by atoms with E-state index in [0.717, 1.165) is 31.9 Å². The molecule has 0 aliphatic rings. The Kier molecular flexibility index (Phi) is 7.01. The van der Waals surface area contributed by atoms with E-state index < -0.39 is 0 Å². The van der Waals surface area contributed by atoms with Gasteiger partial charge in [0.1, 0.15) is 5.76 Å². The molecule has 0 aromatic carbocycles. The van der Waals surface area contributed by atoms with E-state index in [2.05, 4.69) is 43.2 Å². The number of nitrogens with zero attached hydrogens (tertiary/aromatic N) is 2. The van der Waals surface area contributed by atoms with E-state index in [9.17, 15) is 0 Å². The van der Waals surface area contributed by atoms with Crippen molar-refractivity contribution in [3.8, 4) is 0 Å². The van der Waals surface area contributed by atoms with Crippen molar-refractivity contribution in [2.75, 3.05) is 40.8 Å². The van der Waals surface area contributed by atoms with Gasteiger partial charge in [-0.3, -0.25) is 0 Å². The summed E-state index contributed by atoms with van der Waals surface area (Å²) in [4.78, 5) is 4.63. The highest BCUT2D eigenvalue weighted by atomic mass is 16.3. The van der Waals surface area contributed by atoms with Crippen molar-refractivity contribution in [1.29, 1.82) is 0 Å². The fourth-order valence-electron chi connectivity index (χ4n) is 1.83. The number of hydrogen-bond acceptors (Lipinski definition) is 4. The zero-order chi connectivity index (χ0) is 13.4. The average Bonchev–Trinajstić information content (AvgIpc) is 2.81. The first-order chi connectivity index (χ1) is 8.59. The van der Waals surface area contributed by atoms with Crippen molar-refractivity contribution >= 4 is 0 Å². The van der Waals surface area contributed by atoms with E-state index >= 15 is 0 Å². The molecule has 4 nitrogen and oxygen atoms in total. The molecule has 1 N–H and O–H groups in total. The Morgan fingerprint density at radius 1 is 1.28 bits per heavy atom. The molecule has 0 aliphatic carbocycles. The molecule has 1 aromatic heterocycles. The minimum atomic E-state index is 0.544. The van der Waals surface area contributed by atoms with Gasteiger partial charge >= 0.3 is 0 Å². The molecule has 0 aliphatic heterocycles. The smallest absolute Gasteiger partial charge is 0.117 e. The van der Waals surface area contributed by atoms with Crippen LogP contribution >= 0.6 is 0 Å². The van der Waals surface area contributed by atoms with Gasteiger partial charge in [-0.15, -0.1) is 0 Å². The highest BCUT2D eigenvalue weighted by Crippen LogP contribution is 2.00. The molecule has 0 fully saturated rings. The molecule has 0 spiro atoms. The minimum absolute atomic E-state index is 0.544. The van der Waals surface area contributed by atoms with Crippen LogP contribution in [-0.2, 0) is 6.54 Å². The van der Waals surface area contributed by atoms with E-state index in [1.165, 1.54) is 6.42 Å². The van der Waals surface area contributed by atoms with Gasteiger partial charge in [-0.1, -0.05) is 0 Å². The summed E-state index contributed by atoms with van der Waals surface area (Å²) in [5.41, 5.74) is 0. The molecule has 104 valence electrons. The SMILES string of the molecule is CC(CNCc1ccco1)N(C)CCCN(C)C. The van der Waals surface area contributed by atoms with Crippen molar-refractivity contribution < 1.29 is 4.42 Å². The molecule has 0 saturated heterocycles. The van der Waals surface area contributed by atoms with Gasteiger partial charge in [-0.2, -0.15) is 0 Å². The summed E-state index contributed by atoms with van der Waals surface area (Å²) in [6.07, 6.45) is 2.93. The fourth-order valence-corrected chi connectivity index (χ4v) is 1.83. The Morgan fingerprint density at radius 2 is 2.06 bits per heavy atom. The number of nitrogens with one attached hydrogen (secondary N) is 1. The van der Waals surface area contributed by atoms with E-state index in [4.69, 9.17) is 4.42 Å². The lowest BCUT2D eigenvalue weighted by Crippen LogP contribution is -2.38. The summed E-state index contributed by atoms with van der Waals surface area (Å²) < 4.78 is 5.29. The van der Waals surface area contributed by atoms with Crippen LogP contribution in [0.2, 0.25) is 0 Å². The Hall–Kier alpha value is -0.840. The van der Waals surface area contributed by atoms with Gasteiger partial charge in [0.05, 0.1) is 12.8 Å². The van der Waals surface area contributed by atoms with Crippen molar-refractivity contribution in [3.63, 3.8) is 0 Å². The third kappa shape index (κ3) is 6.19. The van der Waals surface area contributed by atoms with Crippen LogP contribution < -0.4 is 5.32 Å². The Balaban J connectivity index is 2.09. The molecular formula is C14H27N3O. The molecular weight excluding hydrogens is 226 g/mol. The van der Waals surface area contributed by atoms with E-state index in [1.54, 1.807) is 6.26 Å². The first kappa shape index (κ1) is 15.2. The molecule has 0 radical (unpaired) electrons. The van der Waals surface area contributed by atoms with Gasteiger partial charge in [0.15, 0.2) is 0 Å². The summed E-state index contributed by atoms with van der Waals surface area (Å²) in [5, 5.41) is 3.42. The second-order valence-corrected chi connectivity index (χ2v) is 5.20. The van der Waals surface area contributed by atoms with E-state index in [1.807, 2.05) is 12.1 Å². The molecule has 1 heterocycles. The highest BCUT2D eigenvalue weighted by molar-refractivity contribution is 4.97. The number of likely N-dealkylation sites (N-methyl/N-ethyl adjacent to an activating group) is 1. The topological polar surface area (TPSA) is 31.7 Å². The second kappa shape index (κ2) is 8.29. The second-order valence-electron chi connectivity index (χ2n) is 5.20. The maximum atomic E-state index is 5.29. The maximum absolute atomic E-state index is 5.29. The van der Waals surface area contributed by atoms with Gasteiger partial charge in [-0.25, -0.2) is 0 Å². The standard InChI is InChI=1S/C14H27N3O/c1-13(17(4)9-6-8-16(2)3)11-15-12-14-7-5-10-18-14/h5,7,10,13,15H,6,8-9,11-12H2,1-4H3. The zero-order valence-electron chi connectivity index (χ0n) is 12.1. The van der Waals surface area contributed by atoms with Crippen LogP contribution in [0.5, 0.6) is 0 Å². The van der Waals surface area contributed by atoms with Crippen molar-refractivity contribution in [1.82, 2.24) is 15.1 Å². The van der Waals surface area contributed by atoms with Crippen LogP contribution in [-0.4, -0.2) is 56.6 Å². The summed E-state index contributed by atoms with van der Waals surface area (Å²) in [6, 6.07) is 4.47. The van der Waals surface area contributed by atoms with Gasteiger partial charge in [0.2, 0.25) is 0 Å². The zero-order valence-corrected chi connectivity index (χ0v) is 12.1. The molecule has 1 atom stereocenters. The molecule has 4 heteroatoms. The molecule has 1 rings (SSSR count). The van der Waals surface area contributed by atoms with Gasteiger partial charge < -0.3 is 19.5 Å². The largest absolute Gasteiger partial charge is 0.468 e. The lowest BCUT2D eigenvalue weighted by molar-refractivity contribution is 0.235.